The van der Waals surface area contributed by atoms with E-state index in [1.165, 1.54) is 0 Å². The summed E-state index contributed by atoms with van der Waals surface area (Å²) in [6.45, 7) is 8.79. The molecule has 0 aliphatic carbocycles. The zero-order chi connectivity index (χ0) is 14.6. The predicted octanol–water partition coefficient (Wildman–Crippen LogP) is 1.90. The van der Waals surface area contributed by atoms with Crippen LogP contribution >= 0.6 is 0 Å². The van der Waals surface area contributed by atoms with Crippen LogP contribution < -0.4 is 11.1 Å². The number of hydrogen-bond acceptors (Lipinski definition) is 5. The van der Waals surface area contributed by atoms with E-state index in [9.17, 15) is 10.1 Å². The molecule has 0 amide bonds. The van der Waals surface area contributed by atoms with Crippen LogP contribution in [-0.2, 0) is 6.54 Å². The summed E-state index contributed by atoms with van der Waals surface area (Å²) < 4.78 is 1.67. The molecule has 7 heteroatoms. The third-order valence-corrected chi connectivity index (χ3v) is 3.09. The van der Waals surface area contributed by atoms with E-state index in [2.05, 4.69) is 10.4 Å². The Labute approximate surface area is 113 Å². The van der Waals surface area contributed by atoms with Gasteiger partial charge in [0.2, 0.25) is 5.82 Å². The molecule has 0 fully saturated rings. The number of nitrogens with zero attached hydrogens (tertiary/aromatic N) is 3. The van der Waals surface area contributed by atoms with Crippen LogP contribution in [0.3, 0.4) is 0 Å². The summed E-state index contributed by atoms with van der Waals surface area (Å²) in [5.41, 5.74) is 6.20. The second kappa shape index (κ2) is 6.51. The van der Waals surface area contributed by atoms with E-state index in [1.807, 2.05) is 20.8 Å². The molecule has 1 unspecified atom stereocenters. The molecule has 0 saturated heterocycles. The minimum atomic E-state index is -0.384. The van der Waals surface area contributed by atoms with Gasteiger partial charge in [-0.3, -0.25) is 10.1 Å². The molecule has 0 aromatic carbocycles. The monoisotopic (exact) mass is 269 g/mol. The molecule has 19 heavy (non-hydrogen) atoms. The van der Waals surface area contributed by atoms with Crippen molar-refractivity contribution in [1.29, 1.82) is 0 Å². The van der Waals surface area contributed by atoms with Crippen LogP contribution in [-0.4, -0.2) is 27.3 Å². The molecule has 108 valence electrons. The lowest BCUT2D eigenvalue weighted by molar-refractivity contribution is -0.384. The van der Waals surface area contributed by atoms with Crippen LogP contribution in [0.1, 0.15) is 32.9 Å². The lowest BCUT2D eigenvalue weighted by Gasteiger charge is -2.21. The molecule has 0 spiro atoms. The van der Waals surface area contributed by atoms with Crippen LogP contribution in [0.4, 0.5) is 11.5 Å². The highest BCUT2D eigenvalue weighted by Gasteiger charge is 2.27. The first-order chi connectivity index (χ1) is 8.92. The Balaban J connectivity index is 3.17. The van der Waals surface area contributed by atoms with Crippen LogP contribution in [0, 0.1) is 23.0 Å². The second-order valence-corrected chi connectivity index (χ2v) is 4.99. The highest BCUT2D eigenvalue weighted by Crippen LogP contribution is 2.29. The molecule has 7 nitrogen and oxygen atoms in total. The Hall–Kier alpha value is -1.63. The van der Waals surface area contributed by atoms with Gasteiger partial charge in [0.05, 0.1) is 4.92 Å². The molecule has 0 bridgehead atoms. The summed E-state index contributed by atoms with van der Waals surface area (Å²) in [6.07, 6.45) is 0.863. The van der Waals surface area contributed by atoms with E-state index in [-0.39, 0.29) is 22.6 Å². The van der Waals surface area contributed by atoms with Crippen molar-refractivity contribution in [1.82, 2.24) is 9.78 Å². The van der Waals surface area contributed by atoms with E-state index in [0.29, 0.717) is 24.6 Å². The standard InChI is InChI=1S/C12H23N5O2/c1-5-6-16-12(14-10(7-13)8(2)3)11(17(18)19)9(4)15-16/h8,10,14H,5-7,13H2,1-4H3. The van der Waals surface area contributed by atoms with E-state index in [0.717, 1.165) is 6.42 Å². The third kappa shape index (κ3) is 3.44. The van der Waals surface area contributed by atoms with Gasteiger partial charge in [-0.05, 0) is 19.3 Å². The van der Waals surface area contributed by atoms with Gasteiger partial charge >= 0.3 is 5.69 Å². The highest BCUT2D eigenvalue weighted by atomic mass is 16.6. The minimum Gasteiger partial charge on any atom is -0.360 e. The fraction of sp³-hybridized carbons (Fsp3) is 0.750. The largest absolute Gasteiger partial charge is 0.360 e. The Bertz CT molecular complexity index is 442. The van der Waals surface area contributed by atoms with Gasteiger partial charge in [-0.2, -0.15) is 5.10 Å². The normalized spacial score (nSPS) is 12.7. The summed E-state index contributed by atoms with van der Waals surface area (Å²) >= 11 is 0. The molecule has 3 N–H and O–H groups in total. The number of aromatic nitrogens is 2. The fourth-order valence-corrected chi connectivity index (χ4v) is 1.98. The molecular weight excluding hydrogens is 246 g/mol. The van der Waals surface area contributed by atoms with Gasteiger partial charge in [-0.15, -0.1) is 0 Å². The Morgan fingerprint density at radius 3 is 2.58 bits per heavy atom. The maximum atomic E-state index is 11.2. The Morgan fingerprint density at radius 1 is 1.53 bits per heavy atom. The second-order valence-electron chi connectivity index (χ2n) is 4.99. The van der Waals surface area contributed by atoms with Gasteiger partial charge in [0.25, 0.3) is 0 Å². The Kier molecular flexibility index (Phi) is 5.29. The highest BCUT2D eigenvalue weighted by molar-refractivity contribution is 5.60. The van der Waals surface area contributed by atoms with Crippen molar-refractivity contribution in [2.75, 3.05) is 11.9 Å². The zero-order valence-electron chi connectivity index (χ0n) is 12.0. The number of anilines is 1. The van der Waals surface area contributed by atoms with Crippen LogP contribution in [0.5, 0.6) is 0 Å². The van der Waals surface area contributed by atoms with Crippen molar-refractivity contribution in [3.05, 3.63) is 15.8 Å². The van der Waals surface area contributed by atoms with E-state index in [4.69, 9.17) is 5.73 Å². The maximum absolute atomic E-state index is 11.2. The lowest BCUT2D eigenvalue weighted by atomic mass is 10.0. The number of aryl methyl sites for hydroxylation is 2. The van der Waals surface area contributed by atoms with Gasteiger partial charge in [-0.25, -0.2) is 4.68 Å². The summed E-state index contributed by atoms with van der Waals surface area (Å²) in [4.78, 5) is 10.8. The first-order valence-electron chi connectivity index (χ1n) is 6.60. The molecule has 1 rings (SSSR count). The summed E-state index contributed by atoms with van der Waals surface area (Å²) in [5.74, 6) is 0.753. The van der Waals surface area contributed by atoms with Gasteiger partial charge in [0, 0.05) is 19.1 Å². The topological polar surface area (TPSA) is 99.0 Å². The van der Waals surface area contributed by atoms with Crippen molar-refractivity contribution in [3.63, 3.8) is 0 Å². The Morgan fingerprint density at radius 2 is 2.16 bits per heavy atom. The van der Waals surface area contributed by atoms with Gasteiger partial charge in [0.15, 0.2) is 0 Å². The minimum absolute atomic E-state index is 0.00888. The van der Waals surface area contributed by atoms with Crippen molar-refractivity contribution in [2.45, 2.75) is 46.7 Å². The fourth-order valence-electron chi connectivity index (χ4n) is 1.98. The summed E-state index contributed by atoms with van der Waals surface area (Å²) in [6, 6.07) is -0.00888. The van der Waals surface area contributed by atoms with Gasteiger partial charge in [0.1, 0.15) is 5.69 Å². The van der Waals surface area contributed by atoms with Crippen LogP contribution in [0.2, 0.25) is 0 Å². The molecule has 0 saturated carbocycles. The predicted molar refractivity (Wildman–Crippen MR) is 75.2 cm³/mol. The van der Waals surface area contributed by atoms with Crippen molar-refractivity contribution in [3.8, 4) is 0 Å². The van der Waals surface area contributed by atoms with Crippen LogP contribution in [0.25, 0.3) is 0 Å². The molecule has 0 aliphatic rings. The lowest BCUT2D eigenvalue weighted by Crippen LogP contribution is -2.34. The van der Waals surface area contributed by atoms with E-state index < -0.39 is 0 Å². The summed E-state index contributed by atoms with van der Waals surface area (Å²) in [5, 5.41) is 18.6. The number of hydrogen-bond donors (Lipinski definition) is 2. The van der Waals surface area contributed by atoms with E-state index >= 15 is 0 Å². The van der Waals surface area contributed by atoms with E-state index in [1.54, 1.807) is 11.6 Å². The summed E-state index contributed by atoms with van der Waals surface area (Å²) in [7, 11) is 0. The smallest absolute Gasteiger partial charge is 0.333 e. The molecule has 1 atom stereocenters. The van der Waals surface area contributed by atoms with Crippen molar-refractivity contribution in [2.24, 2.45) is 11.7 Å². The molecule has 1 aromatic rings. The first kappa shape index (κ1) is 15.4. The average Bonchev–Trinajstić information content (AvgIpc) is 2.62. The average molecular weight is 269 g/mol. The number of rotatable bonds is 7. The zero-order valence-corrected chi connectivity index (χ0v) is 12.0. The third-order valence-electron chi connectivity index (χ3n) is 3.09. The SMILES string of the molecule is CCCn1nc(C)c([N+](=O)[O-])c1NC(CN)C(C)C. The van der Waals surface area contributed by atoms with Crippen molar-refractivity contribution < 1.29 is 4.92 Å². The molecular formula is C12H23N5O2. The number of nitrogens with two attached hydrogens (primary N) is 1. The maximum Gasteiger partial charge on any atom is 0.333 e. The molecule has 0 aliphatic heterocycles. The number of nitrogens with one attached hydrogen (secondary N) is 1. The van der Waals surface area contributed by atoms with Gasteiger partial charge in [-0.1, -0.05) is 20.8 Å². The molecule has 1 aromatic heterocycles. The molecule has 0 radical (unpaired) electrons. The van der Waals surface area contributed by atoms with Crippen molar-refractivity contribution >= 4 is 11.5 Å². The number of nitro groups is 1. The van der Waals surface area contributed by atoms with Gasteiger partial charge < -0.3 is 11.1 Å². The quantitative estimate of drug-likeness (QED) is 0.582. The molecule has 1 heterocycles. The van der Waals surface area contributed by atoms with Crippen LogP contribution in [0.15, 0.2) is 0 Å². The first-order valence-corrected chi connectivity index (χ1v) is 6.60.